The molecule has 0 bridgehead atoms. The van der Waals surface area contributed by atoms with Gasteiger partial charge in [-0.1, -0.05) is 74.2 Å². The van der Waals surface area contributed by atoms with Crippen molar-refractivity contribution in [1.29, 1.82) is 0 Å². The molecule has 0 fully saturated rings. The van der Waals surface area contributed by atoms with Crippen LogP contribution in [0, 0.1) is 0 Å². The minimum absolute atomic E-state index is 0.0416. The number of hydrogen-bond donors (Lipinski definition) is 0. The van der Waals surface area contributed by atoms with Gasteiger partial charge in [0.2, 0.25) is 0 Å². The van der Waals surface area contributed by atoms with Crippen LogP contribution in [0.25, 0.3) is 17.2 Å². The molecule has 2 rings (SSSR count). The van der Waals surface area contributed by atoms with E-state index >= 15 is 0 Å². The van der Waals surface area contributed by atoms with Gasteiger partial charge in [-0.25, -0.2) is 4.39 Å². The SMILES string of the molecule is C[Si](C)(C)/C(F)=C/c1ccc(-c2ccccc2)cc1. The minimum Gasteiger partial charge on any atom is -0.217 e. The van der Waals surface area contributed by atoms with Crippen molar-refractivity contribution < 1.29 is 4.39 Å². The molecule has 2 aromatic rings. The van der Waals surface area contributed by atoms with Crippen molar-refractivity contribution >= 4 is 14.1 Å². The van der Waals surface area contributed by atoms with Gasteiger partial charge in [-0.2, -0.15) is 0 Å². The predicted octanol–water partition coefficient (Wildman–Crippen LogP) is 5.54. The summed E-state index contributed by atoms with van der Waals surface area (Å²) in [7, 11) is -1.83. The lowest BCUT2D eigenvalue weighted by molar-refractivity contribution is 0.689. The van der Waals surface area contributed by atoms with Crippen LogP contribution in [0.2, 0.25) is 19.6 Å². The van der Waals surface area contributed by atoms with Gasteiger partial charge in [0, 0.05) is 0 Å². The van der Waals surface area contributed by atoms with Crippen molar-refractivity contribution in [1.82, 2.24) is 0 Å². The molecule has 0 N–H and O–H groups in total. The highest BCUT2D eigenvalue weighted by molar-refractivity contribution is 6.83. The smallest absolute Gasteiger partial charge is 0.114 e. The second-order valence-corrected chi connectivity index (χ2v) is 10.7. The first-order chi connectivity index (χ1) is 8.97. The van der Waals surface area contributed by atoms with E-state index in [1.165, 1.54) is 5.56 Å². The molecular formula is C17H19FSi. The highest BCUT2D eigenvalue weighted by Crippen LogP contribution is 2.22. The van der Waals surface area contributed by atoms with Crippen molar-refractivity contribution in [3.8, 4) is 11.1 Å². The Morgan fingerprint density at radius 3 is 1.89 bits per heavy atom. The molecule has 0 unspecified atom stereocenters. The molecule has 98 valence electrons. The normalized spacial score (nSPS) is 12.5. The summed E-state index contributed by atoms with van der Waals surface area (Å²) >= 11 is 0. The van der Waals surface area contributed by atoms with E-state index in [9.17, 15) is 4.39 Å². The molecule has 0 amide bonds. The molecule has 19 heavy (non-hydrogen) atoms. The van der Waals surface area contributed by atoms with Crippen molar-refractivity contribution in [3.63, 3.8) is 0 Å². The van der Waals surface area contributed by atoms with Gasteiger partial charge in [-0.3, -0.25) is 0 Å². The van der Waals surface area contributed by atoms with Gasteiger partial charge in [0.05, 0.1) is 5.45 Å². The second-order valence-electron chi connectivity index (χ2n) is 5.73. The summed E-state index contributed by atoms with van der Waals surface area (Å²) in [5.74, 6) is 0. The summed E-state index contributed by atoms with van der Waals surface area (Å²) in [5.41, 5.74) is 3.31. The Kier molecular flexibility index (Phi) is 4.01. The van der Waals surface area contributed by atoms with E-state index in [0.29, 0.717) is 0 Å². The van der Waals surface area contributed by atoms with Gasteiger partial charge in [0.1, 0.15) is 8.07 Å². The lowest BCUT2D eigenvalue weighted by Crippen LogP contribution is -2.20. The van der Waals surface area contributed by atoms with Gasteiger partial charge in [-0.05, 0) is 22.8 Å². The second kappa shape index (κ2) is 5.53. The Morgan fingerprint density at radius 1 is 0.842 bits per heavy atom. The van der Waals surface area contributed by atoms with Crippen LogP contribution in [-0.4, -0.2) is 8.07 Å². The molecular weight excluding hydrogens is 251 g/mol. The lowest BCUT2D eigenvalue weighted by Gasteiger charge is -2.12. The molecule has 0 saturated carbocycles. The molecule has 2 heteroatoms. The van der Waals surface area contributed by atoms with E-state index in [-0.39, 0.29) is 5.45 Å². The first kappa shape index (κ1) is 13.8. The van der Waals surface area contributed by atoms with Gasteiger partial charge < -0.3 is 0 Å². The van der Waals surface area contributed by atoms with Crippen LogP contribution in [0.4, 0.5) is 4.39 Å². The van der Waals surface area contributed by atoms with Crippen molar-refractivity contribution in [3.05, 3.63) is 65.6 Å². The van der Waals surface area contributed by atoms with Crippen molar-refractivity contribution in [2.24, 2.45) is 0 Å². The van der Waals surface area contributed by atoms with E-state index in [0.717, 1.165) is 11.1 Å². The molecule has 0 aliphatic carbocycles. The summed E-state index contributed by atoms with van der Waals surface area (Å²) in [5, 5.41) is 0. The quantitative estimate of drug-likeness (QED) is 0.642. The van der Waals surface area contributed by atoms with E-state index in [4.69, 9.17) is 0 Å². The van der Waals surface area contributed by atoms with Crippen LogP contribution < -0.4 is 0 Å². The zero-order chi connectivity index (χ0) is 13.9. The van der Waals surface area contributed by atoms with E-state index < -0.39 is 8.07 Å². The fourth-order valence-corrected chi connectivity index (χ4v) is 2.36. The molecule has 0 aliphatic heterocycles. The third-order valence-corrected chi connectivity index (χ3v) is 4.60. The Balaban J connectivity index is 2.25. The highest BCUT2D eigenvalue weighted by Gasteiger charge is 2.19. The average molecular weight is 270 g/mol. The zero-order valence-electron chi connectivity index (χ0n) is 11.7. The molecule has 0 aliphatic rings. The largest absolute Gasteiger partial charge is 0.217 e. The van der Waals surface area contributed by atoms with Crippen LogP contribution in [0.1, 0.15) is 5.56 Å². The van der Waals surface area contributed by atoms with Crippen LogP contribution in [0.15, 0.2) is 60.0 Å². The number of rotatable bonds is 3. The van der Waals surface area contributed by atoms with E-state index in [1.807, 2.05) is 62.1 Å². The Hall–Kier alpha value is -1.67. The van der Waals surface area contributed by atoms with Crippen LogP contribution >= 0.6 is 0 Å². The number of hydrogen-bond acceptors (Lipinski definition) is 0. The Bertz CT molecular complexity index is 562. The maximum absolute atomic E-state index is 13.9. The fraction of sp³-hybridized carbons (Fsp3) is 0.176. The molecule has 0 aromatic heterocycles. The van der Waals surface area contributed by atoms with Crippen LogP contribution in [0.5, 0.6) is 0 Å². The molecule has 0 heterocycles. The highest BCUT2D eigenvalue weighted by atomic mass is 28.3. The van der Waals surface area contributed by atoms with Crippen molar-refractivity contribution in [2.45, 2.75) is 19.6 Å². The zero-order valence-corrected chi connectivity index (χ0v) is 12.7. The molecule has 2 aromatic carbocycles. The van der Waals surface area contributed by atoms with Crippen LogP contribution in [-0.2, 0) is 0 Å². The monoisotopic (exact) mass is 270 g/mol. The molecule has 0 saturated heterocycles. The molecule has 0 radical (unpaired) electrons. The molecule has 0 atom stereocenters. The lowest BCUT2D eigenvalue weighted by atomic mass is 10.0. The van der Waals surface area contributed by atoms with Crippen LogP contribution in [0.3, 0.4) is 0 Å². The fourth-order valence-electron chi connectivity index (χ4n) is 1.77. The third kappa shape index (κ3) is 3.64. The molecule has 0 nitrogen and oxygen atoms in total. The summed E-state index contributed by atoms with van der Waals surface area (Å²) in [6.07, 6.45) is 1.67. The minimum atomic E-state index is -1.83. The number of halogens is 1. The van der Waals surface area contributed by atoms with E-state index in [1.54, 1.807) is 6.08 Å². The summed E-state index contributed by atoms with van der Waals surface area (Å²) in [4.78, 5) is 0. The topological polar surface area (TPSA) is 0 Å². The van der Waals surface area contributed by atoms with E-state index in [2.05, 4.69) is 12.1 Å². The van der Waals surface area contributed by atoms with Crippen molar-refractivity contribution in [2.75, 3.05) is 0 Å². The summed E-state index contributed by atoms with van der Waals surface area (Å²) < 4.78 is 13.9. The maximum Gasteiger partial charge on any atom is 0.114 e. The summed E-state index contributed by atoms with van der Waals surface area (Å²) in [6.45, 7) is 6.03. The number of benzene rings is 2. The maximum atomic E-state index is 13.9. The Morgan fingerprint density at radius 2 is 1.37 bits per heavy atom. The first-order valence-corrected chi connectivity index (χ1v) is 10.00. The van der Waals surface area contributed by atoms with Gasteiger partial charge >= 0.3 is 0 Å². The predicted molar refractivity (Wildman–Crippen MR) is 84.3 cm³/mol. The average Bonchev–Trinajstić information content (AvgIpc) is 2.39. The Labute approximate surface area is 115 Å². The van der Waals surface area contributed by atoms with Gasteiger partial charge in [-0.15, -0.1) is 0 Å². The van der Waals surface area contributed by atoms with Gasteiger partial charge in [0.15, 0.2) is 0 Å². The standard InChI is InChI=1S/C17H19FSi/c1-19(2,3)17(18)13-14-9-11-16(12-10-14)15-7-5-4-6-8-15/h4-13H,1-3H3/b17-13+. The summed E-state index contributed by atoms with van der Waals surface area (Å²) in [6, 6.07) is 18.2. The van der Waals surface area contributed by atoms with Gasteiger partial charge in [0.25, 0.3) is 0 Å². The first-order valence-electron chi connectivity index (χ1n) is 6.50. The third-order valence-electron chi connectivity index (χ3n) is 3.03. The molecule has 0 spiro atoms.